The maximum Gasteiger partial charge on any atom is 0.435 e. The first-order valence-electron chi connectivity index (χ1n) is 5.99. The second kappa shape index (κ2) is 4.34. The second-order valence-corrected chi connectivity index (χ2v) is 4.77. The Bertz CT molecular complexity index is 760. The van der Waals surface area contributed by atoms with E-state index < -0.39 is 47.1 Å². The zero-order valence-electron chi connectivity index (χ0n) is 10.6. The number of fused-ring (bicyclic) bond motifs is 1. The van der Waals surface area contributed by atoms with Crippen LogP contribution in [0.4, 0.5) is 26.3 Å². The molecule has 1 aliphatic carbocycles. The molecule has 116 valence electrons. The van der Waals surface area contributed by atoms with E-state index in [-0.39, 0.29) is 5.69 Å². The lowest BCUT2D eigenvalue weighted by atomic mass is 10.1. The lowest BCUT2D eigenvalue weighted by molar-refractivity contribution is -0.141. The first kappa shape index (κ1) is 14.6. The third-order valence-corrected chi connectivity index (χ3v) is 3.27. The SMILES string of the molecule is O=C1c2c(C(F)(F)F)nn(-c3ccc(F)cc3)c2CC1(F)F. The Hall–Kier alpha value is -2.32. The lowest BCUT2D eigenvalue weighted by Gasteiger charge is -2.10. The first-order valence-corrected chi connectivity index (χ1v) is 5.99. The fourth-order valence-electron chi connectivity index (χ4n) is 2.32. The molecule has 0 N–H and O–H groups in total. The predicted molar refractivity (Wildman–Crippen MR) is 61.5 cm³/mol. The first-order chi connectivity index (χ1) is 10.1. The van der Waals surface area contributed by atoms with Crippen molar-refractivity contribution in [3.63, 3.8) is 0 Å². The zero-order valence-corrected chi connectivity index (χ0v) is 10.6. The van der Waals surface area contributed by atoms with Crippen molar-refractivity contribution in [3.8, 4) is 5.69 Å². The van der Waals surface area contributed by atoms with Crippen LogP contribution in [0.1, 0.15) is 21.7 Å². The lowest BCUT2D eigenvalue weighted by Crippen LogP contribution is -2.26. The van der Waals surface area contributed by atoms with Crippen LogP contribution in [0, 0.1) is 5.82 Å². The molecule has 1 aromatic carbocycles. The van der Waals surface area contributed by atoms with Crippen molar-refractivity contribution in [1.29, 1.82) is 0 Å². The van der Waals surface area contributed by atoms with E-state index >= 15 is 0 Å². The van der Waals surface area contributed by atoms with Crippen LogP contribution in [0.3, 0.4) is 0 Å². The van der Waals surface area contributed by atoms with Crippen LogP contribution in [0.15, 0.2) is 24.3 Å². The molecule has 1 aromatic heterocycles. The highest BCUT2D eigenvalue weighted by molar-refractivity contribution is 6.06. The maximum absolute atomic E-state index is 13.5. The van der Waals surface area contributed by atoms with Gasteiger partial charge in [-0.1, -0.05) is 0 Å². The van der Waals surface area contributed by atoms with Crippen molar-refractivity contribution in [2.75, 3.05) is 0 Å². The van der Waals surface area contributed by atoms with Crippen LogP contribution in [0.25, 0.3) is 5.69 Å². The number of alkyl halides is 5. The molecule has 0 aliphatic heterocycles. The average Bonchev–Trinajstić information content (AvgIpc) is 2.86. The molecule has 0 saturated carbocycles. The Balaban J connectivity index is 2.25. The van der Waals surface area contributed by atoms with Crippen LogP contribution in [-0.2, 0) is 12.6 Å². The van der Waals surface area contributed by atoms with Gasteiger partial charge in [0.25, 0.3) is 0 Å². The summed E-state index contributed by atoms with van der Waals surface area (Å²) in [5, 5.41) is 3.23. The van der Waals surface area contributed by atoms with Crippen molar-refractivity contribution in [2.45, 2.75) is 18.5 Å². The van der Waals surface area contributed by atoms with Gasteiger partial charge in [-0.3, -0.25) is 4.79 Å². The van der Waals surface area contributed by atoms with Crippen LogP contribution < -0.4 is 0 Å². The molecule has 0 fully saturated rings. The normalized spacial score (nSPS) is 16.9. The maximum atomic E-state index is 13.5. The number of benzene rings is 1. The molecule has 3 rings (SSSR count). The Morgan fingerprint density at radius 1 is 1.14 bits per heavy atom. The van der Waals surface area contributed by atoms with Crippen molar-refractivity contribution >= 4 is 5.78 Å². The molecule has 9 heteroatoms. The zero-order chi connectivity index (χ0) is 16.3. The van der Waals surface area contributed by atoms with E-state index in [0.29, 0.717) is 4.68 Å². The number of rotatable bonds is 1. The molecule has 0 unspecified atom stereocenters. The van der Waals surface area contributed by atoms with Crippen LogP contribution >= 0.6 is 0 Å². The summed E-state index contributed by atoms with van der Waals surface area (Å²) in [5.41, 5.74) is -3.36. The van der Waals surface area contributed by atoms with Gasteiger partial charge in [-0.25, -0.2) is 9.07 Å². The summed E-state index contributed by atoms with van der Waals surface area (Å²) in [6.45, 7) is 0. The smallest absolute Gasteiger partial charge is 0.287 e. The van der Waals surface area contributed by atoms with E-state index in [2.05, 4.69) is 5.10 Å². The van der Waals surface area contributed by atoms with Gasteiger partial charge in [0.05, 0.1) is 23.4 Å². The van der Waals surface area contributed by atoms with E-state index in [9.17, 15) is 31.1 Å². The molecule has 1 heterocycles. The largest absolute Gasteiger partial charge is 0.435 e. The quantitative estimate of drug-likeness (QED) is 0.755. The summed E-state index contributed by atoms with van der Waals surface area (Å²) in [4.78, 5) is 11.5. The monoisotopic (exact) mass is 320 g/mol. The number of aromatic nitrogens is 2. The Morgan fingerprint density at radius 2 is 1.73 bits per heavy atom. The number of Topliss-reactive ketones (excluding diaryl/α,β-unsaturated/α-hetero) is 1. The van der Waals surface area contributed by atoms with Crippen molar-refractivity contribution in [1.82, 2.24) is 9.78 Å². The fraction of sp³-hybridized carbons (Fsp3) is 0.231. The molecule has 0 spiro atoms. The van der Waals surface area contributed by atoms with E-state index in [4.69, 9.17) is 0 Å². The van der Waals surface area contributed by atoms with Gasteiger partial charge in [-0.2, -0.15) is 27.1 Å². The van der Waals surface area contributed by atoms with Gasteiger partial charge >= 0.3 is 12.1 Å². The molecule has 0 amide bonds. The summed E-state index contributed by atoms with van der Waals surface area (Å²) in [7, 11) is 0. The van der Waals surface area contributed by atoms with Gasteiger partial charge < -0.3 is 0 Å². The van der Waals surface area contributed by atoms with Crippen molar-refractivity contribution in [2.24, 2.45) is 0 Å². The highest BCUT2D eigenvalue weighted by Crippen LogP contribution is 2.42. The van der Waals surface area contributed by atoms with Crippen LogP contribution in [-0.4, -0.2) is 21.5 Å². The standard InChI is InChI=1S/C13H6F6N2O/c14-6-1-3-7(4-2-6)21-8-5-12(15,16)11(22)9(8)10(20-21)13(17,18)19/h1-4H,5H2. The van der Waals surface area contributed by atoms with Gasteiger partial charge in [0, 0.05) is 0 Å². The number of carbonyl (C=O) groups excluding carboxylic acids is 1. The van der Waals surface area contributed by atoms with Gasteiger partial charge in [0.1, 0.15) is 5.82 Å². The molecule has 2 aromatic rings. The van der Waals surface area contributed by atoms with Crippen LogP contribution in [0.2, 0.25) is 0 Å². The van der Waals surface area contributed by atoms with Crippen molar-refractivity contribution < 1.29 is 31.1 Å². The van der Waals surface area contributed by atoms with Gasteiger partial charge in [0.2, 0.25) is 5.78 Å². The minimum atomic E-state index is -5.05. The summed E-state index contributed by atoms with van der Waals surface area (Å²) < 4.78 is 79.2. The summed E-state index contributed by atoms with van der Waals surface area (Å²) in [6.07, 6.45) is -6.23. The molecule has 1 aliphatic rings. The van der Waals surface area contributed by atoms with E-state index in [1.807, 2.05) is 0 Å². The third kappa shape index (κ3) is 2.08. The average molecular weight is 320 g/mol. The summed E-state index contributed by atoms with van der Waals surface area (Å²) >= 11 is 0. The van der Waals surface area contributed by atoms with Crippen molar-refractivity contribution in [3.05, 3.63) is 47.0 Å². The molecule has 0 bridgehead atoms. The molecule has 0 saturated heterocycles. The Morgan fingerprint density at radius 3 is 2.27 bits per heavy atom. The van der Waals surface area contributed by atoms with Gasteiger partial charge in [0.15, 0.2) is 5.69 Å². The molecule has 0 radical (unpaired) electrons. The topological polar surface area (TPSA) is 34.9 Å². The van der Waals surface area contributed by atoms with Gasteiger partial charge in [-0.05, 0) is 24.3 Å². The highest BCUT2D eigenvalue weighted by Gasteiger charge is 2.54. The van der Waals surface area contributed by atoms with E-state index in [1.54, 1.807) is 0 Å². The predicted octanol–water partition coefficient (Wildman–Crippen LogP) is 3.40. The minimum Gasteiger partial charge on any atom is -0.287 e. The molecule has 22 heavy (non-hydrogen) atoms. The van der Waals surface area contributed by atoms with E-state index in [0.717, 1.165) is 24.3 Å². The summed E-state index contributed by atoms with van der Waals surface area (Å²) in [5.74, 6) is -6.46. The number of hydrogen-bond acceptors (Lipinski definition) is 2. The molecule has 3 nitrogen and oxygen atoms in total. The minimum absolute atomic E-state index is 0.0429. The molecule has 0 atom stereocenters. The number of nitrogens with zero attached hydrogens (tertiary/aromatic N) is 2. The third-order valence-electron chi connectivity index (χ3n) is 3.27. The number of ketones is 1. The highest BCUT2D eigenvalue weighted by atomic mass is 19.4. The number of carbonyl (C=O) groups is 1. The van der Waals surface area contributed by atoms with Crippen LogP contribution in [0.5, 0.6) is 0 Å². The molecular formula is C13H6F6N2O. The number of halogens is 6. The summed E-state index contributed by atoms with van der Waals surface area (Å²) in [6, 6.07) is 4.07. The van der Waals surface area contributed by atoms with E-state index in [1.165, 1.54) is 0 Å². The fourth-order valence-corrected chi connectivity index (χ4v) is 2.32. The van der Waals surface area contributed by atoms with Gasteiger partial charge in [-0.15, -0.1) is 0 Å². The Labute approximate surface area is 119 Å². The molecular weight excluding hydrogens is 314 g/mol. The number of hydrogen-bond donors (Lipinski definition) is 0. The second-order valence-electron chi connectivity index (χ2n) is 4.77. The Kier molecular flexibility index (Phi) is 2.88.